The van der Waals surface area contributed by atoms with E-state index in [1.54, 1.807) is 0 Å². The molecule has 0 aromatic heterocycles. The predicted molar refractivity (Wildman–Crippen MR) is 121 cm³/mol. The molecule has 0 atom stereocenters. The Morgan fingerprint density at radius 1 is 0.474 bits per heavy atom. The van der Waals surface area contributed by atoms with Crippen LogP contribution in [0.2, 0.25) is 0 Å². The molecule has 0 aromatic carbocycles. The van der Waals surface area contributed by atoms with Crippen LogP contribution in [0.15, 0.2) is 0 Å². The summed E-state index contributed by atoms with van der Waals surface area (Å²) < 4.78 is 21.2. The Kier molecular flexibility index (Phi) is 45.8. The van der Waals surface area contributed by atoms with Crippen LogP contribution in [0, 0.1) is 68.0 Å². The van der Waals surface area contributed by atoms with Gasteiger partial charge in [0.25, 0.3) is 0 Å². The number of nitrogens with zero attached hydrogens (tertiary/aromatic N) is 6. The molecule has 38 heavy (non-hydrogen) atoms. The molecule has 0 heterocycles. The fraction of sp³-hybridized carbons (Fsp3) is 0.667. The molecule has 0 aliphatic heterocycles. The van der Waals surface area contributed by atoms with Crippen LogP contribution < -0.4 is 19.6 Å². The smallest absolute Gasteiger partial charge is 0.790 e. The fourth-order valence-corrected chi connectivity index (χ4v) is 6.86. The molecule has 0 spiro atoms. The van der Waals surface area contributed by atoms with Gasteiger partial charge < -0.3 is 33.0 Å². The van der Waals surface area contributed by atoms with Gasteiger partial charge in [0, 0.05) is 38.5 Å². The first-order chi connectivity index (χ1) is 16.4. The van der Waals surface area contributed by atoms with Gasteiger partial charge in [-0.1, -0.05) is 0 Å². The zero-order chi connectivity index (χ0) is 27.6. The van der Waals surface area contributed by atoms with Gasteiger partial charge >= 0.3 is 49.5 Å². The van der Waals surface area contributed by atoms with Crippen molar-refractivity contribution in [2.24, 2.45) is 0 Å². The van der Waals surface area contributed by atoms with Crippen LogP contribution in [0.4, 0.5) is 0 Å². The Hall–Kier alpha value is -0.459. The minimum atomic E-state index is -5.68. The maximum atomic E-state index is 9.32. The van der Waals surface area contributed by atoms with Crippen molar-refractivity contribution in [3.8, 4) is 36.4 Å². The van der Waals surface area contributed by atoms with Gasteiger partial charge in [-0.3, -0.25) is 0 Å². The van der Waals surface area contributed by atoms with Crippen molar-refractivity contribution in [2.45, 2.75) is 38.5 Å². The number of nitriles is 6. The van der Waals surface area contributed by atoms with Gasteiger partial charge in [0.15, 0.2) is 0 Å². The third kappa shape index (κ3) is 48.6. The molecule has 0 aliphatic rings. The summed E-state index contributed by atoms with van der Waals surface area (Å²) in [5.74, 6) is 0. The zero-order valence-corrected chi connectivity index (χ0v) is 26.3. The molecule has 0 saturated heterocycles. The predicted octanol–water partition coefficient (Wildman–Crippen LogP) is 1.07. The number of phosphoric acid groups is 2. The van der Waals surface area contributed by atoms with E-state index in [2.05, 4.69) is 40.7 Å². The van der Waals surface area contributed by atoms with Crippen LogP contribution in [0.3, 0.4) is 0 Å². The van der Waals surface area contributed by atoms with Crippen molar-refractivity contribution < 1.29 is 82.5 Å². The van der Waals surface area contributed by atoms with Crippen LogP contribution >= 0.6 is 31.5 Å². The minimum absolute atomic E-state index is 0. The maximum absolute atomic E-state index is 9.32. The van der Waals surface area contributed by atoms with E-state index in [0.717, 1.165) is 37.0 Å². The Morgan fingerprint density at radius 3 is 0.711 bits per heavy atom. The largest absolute Gasteiger partial charge is 2.00 e. The molecule has 0 fully saturated rings. The van der Waals surface area contributed by atoms with Crippen molar-refractivity contribution in [3.63, 3.8) is 0 Å². The molecule has 0 N–H and O–H groups in total. The number of hydrogen-bond donors (Lipinski definition) is 0. The molecule has 216 valence electrons. The van der Waals surface area contributed by atoms with Gasteiger partial charge in [0.1, 0.15) is 0 Å². The van der Waals surface area contributed by atoms with Gasteiger partial charge in [0.2, 0.25) is 0 Å². The second kappa shape index (κ2) is 34.6. The van der Waals surface area contributed by atoms with Crippen molar-refractivity contribution in [1.82, 2.24) is 0 Å². The van der Waals surface area contributed by atoms with E-state index in [0.29, 0.717) is 38.5 Å². The molecule has 0 aromatic rings. The van der Waals surface area contributed by atoms with Crippen LogP contribution in [0.1, 0.15) is 38.5 Å². The second-order valence-electron chi connectivity index (χ2n) is 6.11. The standard InChI is InChI=1S/2C9H12N3P.3Ni.H4O7P2/c2*10-4-1-7-13(8-2-5-11)9-3-6-12;;;;1-8(2,3)7-9(4,5)6/h2*1-3,7-9H2;;;;(H2,1,2,3)(H2,4,5,6)/q;;3*+2;/p-4. The monoisotopic (exact) mass is 734 g/mol. The Bertz CT molecular complexity index is 770. The summed E-state index contributed by atoms with van der Waals surface area (Å²) in [4.78, 5) is 37.3. The topological polar surface area (TPSA) is 278 Å². The molecule has 0 aliphatic carbocycles. The molecule has 0 radical (unpaired) electrons. The third-order valence-electron chi connectivity index (χ3n) is 3.44. The summed E-state index contributed by atoms with van der Waals surface area (Å²) in [6.07, 6.45) is 8.65. The Morgan fingerprint density at radius 2 is 0.632 bits per heavy atom. The SMILES string of the molecule is N#CCCP(CCC#N)CCC#N.N#CCCP(CCC#N)CCC#N.O=P([O-])([O-])OP(=O)([O-])[O-].[Ni+2].[Ni+2].[Ni+2]. The molecular formula is C18H24N6Ni3O7P4+2. The first kappa shape index (κ1) is 50.4. The zero-order valence-electron chi connectivity index (χ0n) is 19.8. The van der Waals surface area contributed by atoms with E-state index in [1.807, 2.05) is 0 Å². The first-order valence-electron chi connectivity index (χ1n) is 9.82. The van der Waals surface area contributed by atoms with Gasteiger partial charge in [0.05, 0.1) is 52.1 Å². The molecule has 20 heteroatoms. The third-order valence-corrected chi connectivity index (χ3v) is 10.2. The normalized spacial score (nSPS) is 9.26. The van der Waals surface area contributed by atoms with E-state index in [9.17, 15) is 28.7 Å². The molecule has 13 nitrogen and oxygen atoms in total. The van der Waals surface area contributed by atoms with Crippen molar-refractivity contribution in [1.29, 1.82) is 31.6 Å². The van der Waals surface area contributed by atoms with Gasteiger partial charge in [-0.25, -0.2) is 0 Å². The van der Waals surface area contributed by atoms with Crippen molar-refractivity contribution >= 4 is 31.5 Å². The molecular weight excluding hydrogens is 712 g/mol. The summed E-state index contributed by atoms with van der Waals surface area (Å²) in [5, 5.41) is 50.4. The second-order valence-corrected chi connectivity index (χ2v) is 13.9. The summed E-state index contributed by atoms with van der Waals surface area (Å²) in [5.41, 5.74) is 0. The quantitative estimate of drug-likeness (QED) is 0.178. The summed E-state index contributed by atoms with van der Waals surface area (Å²) in [7, 11) is -11.8. The number of hydrogen-bond acceptors (Lipinski definition) is 13. The molecule has 0 bridgehead atoms. The Balaban J connectivity index is -0.0000000989. The average Bonchev–Trinajstić information content (AvgIpc) is 2.76. The van der Waals surface area contributed by atoms with Crippen LogP contribution in [0.5, 0.6) is 0 Å². The molecule has 0 rings (SSSR count). The van der Waals surface area contributed by atoms with Gasteiger partial charge in [-0.2, -0.15) is 31.6 Å². The minimum Gasteiger partial charge on any atom is -0.790 e. The summed E-state index contributed by atoms with van der Waals surface area (Å²) >= 11 is 0. The maximum Gasteiger partial charge on any atom is 2.00 e. The van der Waals surface area contributed by atoms with E-state index in [1.165, 1.54) is 0 Å². The van der Waals surface area contributed by atoms with Crippen molar-refractivity contribution in [3.05, 3.63) is 0 Å². The van der Waals surface area contributed by atoms with Crippen LogP contribution in [0.25, 0.3) is 0 Å². The molecule has 0 unspecified atom stereocenters. The van der Waals surface area contributed by atoms with E-state index in [-0.39, 0.29) is 65.3 Å². The first-order valence-corrected chi connectivity index (χ1v) is 16.5. The summed E-state index contributed by atoms with van der Waals surface area (Å²) in [6, 6.07) is 12.6. The van der Waals surface area contributed by atoms with E-state index in [4.69, 9.17) is 31.6 Å². The fourth-order valence-electron chi connectivity index (χ4n) is 2.04. The summed E-state index contributed by atoms with van der Waals surface area (Å²) in [6.45, 7) is 0. The average molecular weight is 736 g/mol. The molecule has 0 saturated carbocycles. The van der Waals surface area contributed by atoms with Gasteiger partial charge in [-0.15, -0.1) is 15.8 Å². The van der Waals surface area contributed by atoms with E-state index >= 15 is 0 Å². The molecule has 0 amide bonds. The number of rotatable bonds is 14. The van der Waals surface area contributed by atoms with Crippen LogP contribution in [-0.2, 0) is 62.9 Å². The van der Waals surface area contributed by atoms with Gasteiger partial charge in [-0.05, 0) is 37.0 Å². The van der Waals surface area contributed by atoms with Crippen LogP contribution in [-0.4, -0.2) is 37.0 Å². The van der Waals surface area contributed by atoms with Crippen molar-refractivity contribution in [2.75, 3.05) is 37.0 Å². The Labute approximate surface area is 256 Å². The van der Waals surface area contributed by atoms with E-state index < -0.39 is 15.6 Å².